The lowest BCUT2D eigenvalue weighted by atomic mass is 10.3. The van der Waals surface area contributed by atoms with Gasteiger partial charge in [0.1, 0.15) is 5.75 Å². The highest BCUT2D eigenvalue weighted by Crippen LogP contribution is 2.27. The van der Waals surface area contributed by atoms with Crippen LogP contribution >= 0.6 is 11.6 Å². The zero-order chi connectivity index (χ0) is 12.2. The van der Waals surface area contributed by atoms with Gasteiger partial charge in [-0.2, -0.15) is 0 Å². The summed E-state index contributed by atoms with van der Waals surface area (Å²) < 4.78 is 30.4. The van der Waals surface area contributed by atoms with Crippen LogP contribution in [0.1, 0.15) is 13.3 Å². The van der Waals surface area contributed by atoms with E-state index in [0.717, 1.165) is 0 Å². The van der Waals surface area contributed by atoms with Crippen LogP contribution < -0.4 is 9.46 Å². The van der Waals surface area contributed by atoms with E-state index >= 15 is 0 Å². The van der Waals surface area contributed by atoms with Crippen molar-refractivity contribution in [1.29, 1.82) is 0 Å². The lowest BCUT2D eigenvalue weighted by Crippen LogP contribution is -2.16. The van der Waals surface area contributed by atoms with Crippen molar-refractivity contribution in [2.75, 3.05) is 17.6 Å². The molecule has 90 valence electrons. The SMILES string of the molecule is CCCS(=O)(=O)Nc1ccc(OC)cc1Cl. The van der Waals surface area contributed by atoms with Crippen molar-refractivity contribution in [2.24, 2.45) is 0 Å². The summed E-state index contributed by atoms with van der Waals surface area (Å²) in [5.74, 6) is 0.665. The number of ether oxygens (including phenoxy) is 1. The lowest BCUT2D eigenvalue weighted by molar-refractivity contribution is 0.415. The van der Waals surface area contributed by atoms with Gasteiger partial charge in [-0.25, -0.2) is 8.42 Å². The minimum atomic E-state index is -3.30. The summed E-state index contributed by atoms with van der Waals surface area (Å²) in [6.07, 6.45) is 0.559. The van der Waals surface area contributed by atoms with Gasteiger partial charge in [-0.1, -0.05) is 18.5 Å². The number of sulfonamides is 1. The molecule has 0 radical (unpaired) electrons. The molecule has 6 heteroatoms. The van der Waals surface area contributed by atoms with Gasteiger partial charge in [0.25, 0.3) is 0 Å². The van der Waals surface area contributed by atoms with Crippen LogP contribution in [-0.4, -0.2) is 21.3 Å². The van der Waals surface area contributed by atoms with Crippen LogP contribution in [0.2, 0.25) is 5.02 Å². The minimum absolute atomic E-state index is 0.0787. The Balaban J connectivity index is 2.90. The van der Waals surface area contributed by atoms with Crippen molar-refractivity contribution in [2.45, 2.75) is 13.3 Å². The topological polar surface area (TPSA) is 55.4 Å². The molecule has 1 aromatic rings. The van der Waals surface area contributed by atoms with Gasteiger partial charge in [0, 0.05) is 6.07 Å². The van der Waals surface area contributed by atoms with E-state index in [9.17, 15) is 8.42 Å². The summed E-state index contributed by atoms with van der Waals surface area (Å²) in [6, 6.07) is 4.79. The first-order valence-electron chi connectivity index (χ1n) is 4.82. The molecule has 1 aromatic carbocycles. The molecule has 0 bridgehead atoms. The molecular weight excluding hydrogens is 250 g/mol. The van der Waals surface area contributed by atoms with E-state index in [2.05, 4.69) is 4.72 Å². The number of halogens is 1. The molecule has 0 aliphatic rings. The molecule has 1 rings (SSSR count). The molecule has 16 heavy (non-hydrogen) atoms. The standard InChI is InChI=1S/C10H14ClNO3S/c1-3-6-16(13,14)12-10-5-4-8(15-2)7-9(10)11/h4-5,7,12H,3,6H2,1-2H3. The number of hydrogen-bond acceptors (Lipinski definition) is 3. The first-order valence-corrected chi connectivity index (χ1v) is 6.85. The van der Waals surface area contributed by atoms with E-state index in [1.807, 2.05) is 0 Å². The molecule has 0 spiro atoms. The first-order chi connectivity index (χ1) is 7.48. The average molecular weight is 264 g/mol. The van der Waals surface area contributed by atoms with Crippen LogP contribution in [-0.2, 0) is 10.0 Å². The fourth-order valence-corrected chi connectivity index (χ4v) is 2.62. The van der Waals surface area contributed by atoms with E-state index < -0.39 is 10.0 Å². The minimum Gasteiger partial charge on any atom is -0.497 e. The van der Waals surface area contributed by atoms with Crippen LogP contribution in [0.3, 0.4) is 0 Å². The highest BCUT2D eigenvalue weighted by molar-refractivity contribution is 7.92. The third-order valence-corrected chi connectivity index (χ3v) is 3.70. The van der Waals surface area contributed by atoms with Gasteiger partial charge in [-0.15, -0.1) is 0 Å². The third kappa shape index (κ3) is 3.57. The van der Waals surface area contributed by atoms with Crippen LogP contribution in [0.15, 0.2) is 18.2 Å². The van der Waals surface area contributed by atoms with Crippen molar-refractivity contribution in [3.05, 3.63) is 23.2 Å². The van der Waals surface area contributed by atoms with Gasteiger partial charge in [0.15, 0.2) is 0 Å². The maximum absolute atomic E-state index is 11.5. The van der Waals surface area contributed by atoms with Gasteiger partial charge >= 0.3 is 0 Å². The molecule has 0 atom stereocenters. The van der Waals surface area contributed by atoms with Crippen molar-refractivity contribution in [3.8, 4) is 5.75 Å². The third-order valence-electron chi connectivity index (χ3n) is 1.91. The molecule has 0 aromatic heterocycles. The van der Waals surface area contributed by atoms with Gasteiger partial charge in [-0.05, 0) is 18.6 Å². The predicted molar refractivity (Wildman–Crippen MR) is 65.7 cm³/mol. The van der Waals surface area contributed by atoms with E-state index in [1.165, 1.54) is 7.11 Å². The number of anilines is 1. The van der Waals surface area contributed by atoms with Crippen molar-refractivity contribution in [1.82, 2.24) is 0 Å². The van der Waals surface area contributed by atoms with Crippen molar-refractivity contribution < 1.29 is 13.2 Å². The molecule has 0 aliphatic carbocycles. The maximum Gasteiger partial charge on any atom is 0.232 e. The Bertz CT molecular complexity index is 459. The van der Waals surface area contributed by atoms with Gasteiger partial charge in [0.2, 0.25) is 10.0 Å². The fourth-order valence-electron chi connectivity index (χ4n) is 1.19. The van der Waals surface area contributed by atoms with Crippen molar-refractivity contribution in [3.63, 3.8) is 0 Å². The molecule has 0 unspecified atom stereocenters. The number of rotatable bonds is 5. The van der Waals surface area contributed by atoms with Gasteiger partial charge in [-0.3, -0.25) is 4.72 Å². The van der Waals surface area contributed by atoms with Crippen LogP contribution in [0.25, 0.3) is 0 Å². The van der Waals surface area contributed by atoms with Crippen LogP contribution in [0, 0.1) is 0 Å². The normalized spacial score (nSPS) is 11.2. The second kappa shape index (κ2) is 5.41. The quantitative estimate of drug-likeness (QED) is 0.888. The molecule has 0 amide bonds. The first kappa shape index (κ1) is 13.1. The zero-order valence-corrected chi connectivity index (χ0v) is 10.7. The predicted octanol–water partition coefficient (Wildman–Crippen LogP) is 2.50. The number of benzene rings is 1. The lowest BCUT2D eigenvalue weighted by Gasteiger charge is -2.09. The molecule has 0 heterocycles. The Morgan fingerprint density at radius 2 is 2.12 bits per heavy atom. The molecule has 0 saturated carbocycles. The van der Waals surface area contributed by atoms with Crippen molar-refractivity contribution >= 4 is 27.3 Å². The Labute approximate surface area is 101 Å². The molecule has 4 nitrogen and oxygen atoms in total. The summed E-state index contributed by atoms with van der Waals surface area (Å²) in [5, 5.41) is 0.319. The van der Waals surface area contributed by atoms with Crippen LogP contribution in [0.4, 0.5) is 5.69 Å². The summed E-state index contributed by atoms with van der Waals surface area (Å²) in [4.78, 5) is 0. The Kier molecular flexibility index (Phi) is 4.44. The molecule has 0 aliphatic heterocycles. The Morgan fingerprint density at radius 3 is 2.62 bits per heavy atom. The smallest absolute Gasteiger partial charge is 0.232 e. The van der Waals surface area contributed by atoms with Crippen LogP contribution in [0.5, 0.6) is 5.75 Å². The van der Waals surface area contributed by atoms with E-state index in [0.29, 0.717) is 22.9 Å². The summed E-state index contributed by atoms with van der Waals surface area (Å²) in [5.41, 5.74) is 0.371. The largest absolute Gasteiger partial charge is 0.497 e. The van der Waals surface area contributed by atoms with E-state index in [-0.39, 0.29) is 5.75 Å². The second-order valence-corrected chi connectivity index (χ2v) is 5.52. The molecule has 0 fully saturated rings. The number of methoxy groups -OCH3 is 1. The Hall–Kier alpha value is -0.940. The van der Waals surface area contributed by atoms with Gasteiger partial charge in [0.05, 0.1) is 23.6 Å². The van der Waals surface area contributed by atoms with E-state index in [1.54, 1.807) is 25.1 Å². The van der Waals surface area contributed by atoms with Gasteiger partial charge < -0.3 is 4.74 Å². The highest BCUT2D eigenvalue weighted by Gasteiger charge is 2.11. The summed E-state index contributed by atoms with van der Waals surface area (Å²) in [7, 11) is -1.78. The summed E-state index contributed by atoms with van der Waals surface area (Å²) in [6.45, 7) is 1.80. The molecular formula is C10H14ClNO3S. The average Bonchev–Trinajstić information content (AvgIpc) is 2.20. The highest BCUT2D eigenvalue weighted by atomic mass is 35.5. The Morgan fingerprint density at radius 1 is 1.44 bits per heavy atom. The number of hydrogen-bond donors (Lipinski definition) is 1. The zero-order valence-electron chi connectivity index (χ0n) is 9.16. The second-order valence-electron chi connectivity index (χ2n) is 3.27. The summed E-state index contributed by atoms with van der Waals surface area (Å²) >= 11 is 5.91. The molecule has 1 N–H and O–H groups in total. The fraction of sp³-hybridized carbons (Fsp3) is 0.400. The number of nitrogens with one attached hydrogen (secondary N) is 1. The monoisotopic (exact) mass is 263 g/mol. The maximum atomic E-state index is 11.5. The van der Waals surface area contributed by atoms with E-state index in [4.69, 9.17) is 16.3 Å². The molecule has 0 saturated heterocycles.